The first-order valence-corrected chi connectivity index (χ1v) is 14.1. The molecule has 0 bridgehead atoms. The molecule has 0 N–H and O–H groups in total. The van der Waals surface area contributed by atoms with Gasteiger partial charge in [-0.2, -0.15) is 10.5 Å². The molecule has 0 amide bonds. The van der Waals surface area contributed by atoms with Gasteiger partial charge in [-0.1, -0.05) is 66.9 Å². The second kappa shape index (κ2) is 13.5. The summed E-state index contributed by atoms with van der Waals surface area (Å²) in [6, 6.07) is 20.0. The van der Waals surface area contributed by atoms with Gasteiger partial charge in [0.05, 0.1) is 0 Å². The molecule has 0 unspecified atom stereocenters. The van der Waals surface area contributed by atoms with Crippen molar-refractivity contribution in [3.8, 4) is 12.1 Å². The maximum absolute atomic E-state index is 9.72. The Morgan fingerprint density at radius 1 is 0.789 bits per heavy atom. The molecular weight excluding hydrogens is 468 g/mol. The number of nitriles is 2. The number of hydrogen-bond donors (Lipinski definition) is 0. The molecule has 2 saturated heterocycles. The second-order valence-corrected chi connectivity index (χ2v) is 10.8. The summed E-state index contributed by atoms with van der Waals surface area (Å²) in [4.78, 5) is 9.45. The van der Waals surface area contributed by atoms with E-state index in [9.17, 15) is 10.5 Å². The van der Waals surface area contributed by atoms with Crippen LogP contribution in [-0.2, 0) is 19.6 Å². The van der Waals surface area contributed by atoms with Crippen LogP contribution in [0.1, 0.15) is 54.0 Å². The van der Waals surface area contributed by atoms with Crippen LogP contribution in [0.15, 0.2) is 53.9 Å². The molecule has 4 rings (SSSR count). The summed E-state index contributed by atoms with van der Waals surface area (Å²) in [5.74, 6) is 0.785. The van der Waals surface area contributed by atoms with E-state index in [0.29, 0.717) is 6.54 Å². The van der Waals surface area contributed by atoms with Crippen molar-refractivity contribution in [3.63, 3.8) is 0 Å². The van der Waals surface area contributed by atoms with Gasteiger partial charge in [-0.05, 0) is 63.0 Å². The Hall–Kier alpha value is -3.32. The highest BCUT2D eigenvalue weighted by Gasteiger charge is 2.28. The van der Waals surface area contributed by atoms with Gasteiger partial charge < -0.3 is 9.80 Å². The average molecular weight is 511 g/mol. The van der Waals surface area contributed by atoms with E-state index in [1.807, 2.05) is 0 Å². The van der Waals surface area contributed by atoms with Crippen molar-refractivity contribution in [2.24, 2.45) is 0 Å². The molecule has 38 heavy (non-hydrogen) atoms. The summed E-state index contributed by atoms with van der Waals surface area (Å²) in [5.41, 5.74) is 6.63. The zero-order chi connectivity index (χ0) is 26.9. The van der Waals surface area contributed by atoms with Crippen molar-refractivity contribution in [1.82, 2.24) is 19.6 Å². The lowest BCUT2D eigenvalue weighted by atomic mass is 10.1. The van der Waals surface area contributed by atoms with Crippen LogP contribution in [0.2, 0.25) is 0 Å². The molecule has 2 aromatic carbocycles. The van der Waals surface area contributed by atoms with Crippen LogP contribution in [-0.4, -0.2) is 65.4 Å². The molecule has 200 valence electrons. The zero-order valence-electron chi connectivity index (χ0n) is 23.4. The molecule has 0 saturated carbocycles. The van der Waals surface area contributed by atoms with Crippen LogP contribution in [0.4, 0.5) is 0 Å². The van der Waals surface area contributed by atoms with Crippen molar-refractivity contribution in [1.29, 1.82) is 10.5 Å². The summed E-state index contributed by atoms with van der Waals surface area (Å²) in [5, 5.41) is 19.4. The summed E-state index contributed by atoms with van der Waals surface area (Å²) >= 11 is 0. The lowest BCUT2D eigenvalue weighted by Gasteiger charge is -2.28. The van der Waals surface area contributed by atoms with E-state index in [0.717, 1.165) is 51.6 Å². The number of aryl methyl sites for hydroxylation is 2. The monoisotopic (exact) mass is 510 g/mol. The molecule has 2 aliphatic rings. The molecule has 0 radical (unpaired) electrons. The van der Waals surface area contributed by atoms with Crippen molar-refractivity contribution in [2.45, 2.75) is 59.7 Å². The zero-order valence-corrected chi connectivity index (χ0v) is 23.4. The van der Waals surface area contributed by atoms with Crippen LogP contribution in [0.3, 0.4) is 0 Å². The largest absolute Gasteiger partial charge is 0.354 e. The minimum atomic E-state index is 0.208. The predicted molar refractivity (Wildman–Crippen MR) is 153 cm³/mol. The van der Waals surface area contributed by atoms with Crippen LogP contribution in [0, 0.1) is 36.5 Å². The minimum absolute atomic E-state index is 0.208. The predicted octanol–water partition coefficient (Wildman–Crippen LogP) is 5.19. The van der Waals surface area contributed by atoms with E-state index >= 15 is 0 Å². The molecule has 6 heteroatoms. The molecule has 0 aliphatic carbocycles. The molecule has 2 aromatic rings. The van der Waals surface area contributed by atoms with Gasteiger partial charge in [-0.15, -0.1) is 0 Å². The quantitative estimate of drug-likeness (QED) is 0.410. The third kappa shape index (κ3) is 7.38. The number of allylic oxidation sites excluding steroid dienone is 1. The number of rotatable bonds is 10. The smallest absolute Gasteiger partial charge is 0.169 e. The number of hydrogen-bond acceptors (Lipinski definition) is 6. The summed E-state index contributed by atoms with van der Waals surface area (Å²) in [7, 11) is 0. The Morgan fingerprint density at radius 2 is 1.42 bits per heavy atom. The van der Waals surface area contributed by atoms with Gasteiger partial charge in [-0.3, -0.25) is 9.80 Å². The van der Waals surface area contributed by atoms with E-state index < -0.39 is 0 Å². The van der Waals surface area contributed by atoms with Gasteiger partial charge in [0.25, 0.3) is 0 Å². The topological polar surface area (TPSA) is 60.5 Å². The standard InChI is InChI=1S/C32H42N6/c1-4-35(23-28-8-10-29(11-9-28)24-36-12-6-5-7-13-36)14-15-37-16-17-38(32(37)31(21-33)22-34)25-30-19-26(2)18-27(3)20-30/h8-11,18-20H,4-7,12-17,23-25H2,1-3H3. The number of likely N-dealkylation sites (tertiary alicyclic amines) is 1. The van der Waals surface area contributed by atoms with Gasteiger partial charge in [0.2, 0.25) is 0 Å². The van der Waals surface area contributed by atoms with E-state index in [1.54, 1.807) is 0 Å². The Labute approximate surface area is 229 Å². The number of likely N-dealkylation sites (N-methyl/N-ethyl adjacent to an activating group) is 1. The van der Waals surface area contributed by atoms with E-state index in [1.165, 1.54) is 60.2 Å². The number of benzene rings is 2. The fourth-order valence-electron chi connectivity index (χ4n) is 5.84. The maximum atomic E-state index is 9.72. The van der Waals surface area contributed by atoms with Crippen LogP contribution >= 0.6 is 0 Å². The van der Waals surface area contributed by atoms with Gasteiger partial charge in [0, 0.05) is 45.8 Å². The first-order valence-electron chi connectivity index (χ1n) is 14.1. The average Bonchev–Trinajstić information content (AvgIpc) is 3.30. The fourth-order valence-corrected chi connectivity index (χ4v) is 5.84. The lowest BCUT2D eigenvalue weighted by molar-refractivity contribution is 0.220. The van der Waals surface area contributed by atoms with E-state index in [4.69, 9.17) is 0 Å². The van der Waals surface area contributed by atoms with Crippen LogP contribution < -0.4 is 0 Å². The highest BCUT2D eigenvalue weighted by molar-refractivity contribution is 5.40. The van der Waals surface area contributed by atoms with Crippen molar-refractivity contribution in [2.75, 3.05) is 45.8 Å². The summed E-state index contributed by atoms with van der Waals surface area (Å²) in [6.07, 6.45) is 4.02. The molecular formula is C32H42N6. The van der Waals surface area contributed by atoms with Gasteiger partial charge in [0.1, 0.15) is 18.0 Å². The summed E-state index contributed by atoms with van der Waals surface area (Å²) < 4.78 is 0. The van der Waals surface area contributed by atoms with Gasteiger partial charge >= 0.3 is 0 Å². The number of piperidine rings is 1. The van der Waals surface area contributed by atoms with E-state index in [2.05, 4.69) is 95.0 Å². The SMILES string of the molecule is CCN(CCN1CCN(Cc2cc(C)cc(C)c2)C1=C(C#N)C#N)Cc1ccc(CN2CCCCC2)cc1. The van der Waals surface area contributed by atoms with Crippen LogP contribution in [0.5, 0.6) is 0 Å². The normalized spacial score (nSPS) is 16.1. The fraction of sp³-hybridized carbons (Fsp3) is 0.500. The molecule has 0 atom stereocenters. The maximum Gasteiger partial charge on any atom is 0.169 e. The second-order valence-electron chi connectivity index (χ2n) is 10.8. The molecule has 2 fully saturated rings. The Bertz CT molecular complexity index is 1140. The molecule has 0 aromatic heterocycles. The van der Waals surface area contributed by atoms with Crippen LogP contribution in [0.25, 0.3) is 0 Å². The third-order valence-corrected chi connectivity index (χ3v) is 7.76. The van der Waals surface area contributed by atoms with Crippen molar-refractivity contribution in [3.05, 3.63) is 81.7 Å². The molecule has 2 heterocycles. The molecule has 6 nitrogen and oxygen atoms in total. The Morgan fingerprint density at radius 3 is 2.05 bits per heavy atom. The van der Waals surface area contributed by atoms with Gasteiger partial charge in [0.15, 0.2) is 5.57 Å². The first kappa shape index (κ1) is 27.7. The summed E-state index contributed by atoms with van der Waals surface area (Å²) in [6.45, 7) is 15.8. The third-order valence-electron chi connectivity index (χ3n) is 7.76. The minimum Gasteiger partial charge on any atom is -0.354 e. The first-order chi connectivity index (χ1) is 18.5. The number of nitrogens with zero attached hydrogens (tertiary/aromatic N) is 6. The Kier molecular flexibility index (Phi) is 9.82. The van der Waals surface area contributed by atoms with Gasteiger partial charge in [-0.25, -0.2) is 0 Å². The van der Waals surface area contributed by atoms with E-state index in [-0.39, 0.29) is 5.57 Å². The molecule has 0 spiro atoms. The highest BCUT2D eigenvalue weighted by Crippen LogP contribution is 2.25. The lowest BCUT2D eigenvalue weighted by Crippen LogP contribution is -2.34. The highest BCUT2D eigenvalue weighted by atomic mass is 15.4. The molecule has 2 aliphatic heterocycles. The van der Waals surface area contributed by atoms with Crippen molar-refractivity contribution >= 4 is 0 Å². The van der Waals surface area contributed by atoms with Crippen molar-refractivity contribution < 1.29 is 0 Å². The Balaban J connectivity index is 1.37.